The minimum Gasteiger partial charge on any atom is -0.504 e. The number of aryl methyl sites for hydroxylation is 1. The Morgan fingerprint density at radius 2 is 1.80 bits per heavy atom. The molecule has 0 amide bonds. The quantitative estimate of drug-likeness (QED) is 0.562. The fourth-order valence-corrected chi connectivity index (χ4v) is 0.643. The SMILES string of the molecule is Cc1cccc(O)c1O.S. The molecule has 10 heavy (non-hydrogen) atoms. The van der Waals surface area contributed by atoms with Gasteiger partial charge in [0.05, 0.1) is 0 Å². The molecule has 3 heteroatoms. The lowest BCUT2D eigenvalue weighted by Crippen LogP contribution is -1.72. The Kier molecular flexibility index (Phi) is 3.09. The molecule has 56 valence electrons. The first-order valence-corrected chi connectivity index (χ1v) is 2.69. The Morgan fingerprint density at radius 3 is 2.20 bits per heavy atom. The maximum Gasteiger partial charge on any atom is 0.160 e. The number of hydrogen-bond acceptors (Lipinski definition) is 2. The molecule has 0 heterocycles. The van der Waals surface area contributed by atoms with Crippen molar-refractivity contribution < 1.29 is 10.2 Å². The lowest BCUT2D eigenvalue weighted by Gasteiger charge is -1.97. The molecule has 0 atom stereocenters. The van der Waals surface area contributed by atoms with Crippen LogP contribution in [-0.2, 0) is 0 Å². The van der Waals surface area contributed by atoms with E-state index in [1.165, 1.54) is 6.07 Å². The third-order valence-electron chi connectivity index (χ3n) is 1.22. The maximum atomic E-state index is 8.96. The third-order valence-corrected chi connectivity index (χ3v) is 1.22. The minimum absolute atomic E-state index is 0. The van der Waals surface area contributed by atoms with E-state index in [9.17, 15) is 0 Å². The highest BCUT2D eigenvalue weighted by Crippen LogP contribution is 2.26. The molecule has 1 aromatic carbocycles. The summed E-state index contributed by atoms with van der Waals surface area (Å²) in [5.74, 6) is -0.0903. The van der Waals surface area contributed by atoms with E-state index in [0.29, 0.717) is 5.56 Å². The van der Waals surface area contributed by atoms with Gasteiger partial charge in [0, 0.05) is 0 Å². The van der Waals surface area contributed by atoms with Gasteiger partial charge in [0.15, 0.2) is 11.5 Å². The number of hydrogen-bond donors (Lipinski definition) is 2. The number of phenols is 2. The summed E-state index contributed by atoms with van der Waals surface area (Å²) in [5.41, 5.74) is 0.690. The highest BCUT2D eigenvalue weighted by molar-refractivity contribution is 7.59. The number of benzene rings is 1. The van der Waals surface area contributed by atoms with Crippen LogP contribution >= 0.6 is 13.5 Å². The van der Waals surface area contributed by atoms with E-state index in [2.05, 4.69) is 0 Å². The Hall–Kier alpha value is -0.830. The molecule has 0 aromatic heterocycles. The maximum absolute atomic E-state index is 8.96. The molecule has 0 aliphatic rings. The van der Waals surface area contributed by atoms with Crippen molar-refractivity contribution >= 4 is 13.5 Å². The fourth-order valence-electron chi connectivity index (χ4n) is 0.643. The molecule has 2 nitrogen and oxygen atoms in total. The highest BCUT2D eigenvalue weighted by Gasteiger charge is 1.98. The second-order valence-corrected chi connectivity index (χ2v) is 1.94. The second-order valence-electron chi connectivity index (χ2n) is 1.94. The van der Waals surface area contributed by atoms with Gasteiger partial charge in [-0.05, 0) is 18.6 Å². The van der Waals surface area contributed by atoms with Crippen LogP contribution in [0.15, 0.2) is 18.2 Å². The zero-order chi connectivity index (χ0) is 6.85. The normalized spacial score (nSPS) is 8.50. The van der Waals surface area contributed by atoms with Crippen LogP contribution in [0.3, 0.4) is 0 Å². The summed E-state index contributed by atoms with van der Waals surface area (Å²) in [5, 5.41) is 17.8. The molecule has 2 N–H and O–H groups in total. The van der Waals surface area contributed by atoms with Crippen molar-refractivity contribution in [3.63, 3.8) is 0 Å². The summed E-state index contributed by atoms with van der Waals surface area (Å²) in [7, 11) is 0. The number of rotatable bonds is 0. The average Bonchev–Trinajstić information content (AvgIpc) is 1.83. The van der Waals surface area contributed by atoms with Crippen LogP contribution < -0.4 is 0 Å². The molecule has 0 aliphatic carbocycles. The van der Waals surface area contributed by atoms with Crippen LogP contribution in [-0.4, -0.2) is 10.2 Å². The summed E-state index contributed by atoms with van der Waals surface area (Å²) >= 11 is 0. The van der Waals surface area contributed by atoms with Gasteiger partial charge in [0.2, 0.25) is 0 Å². The molecule has 0 saturated carbocycles. The van der Waals surface area contributed by atoms with Crippen LogP contribution in [0.1, 0.15) is 5.56 Å². The van der Waals surface area contributed by atoms with Crippen molar-refractivity contribution in [1.29, 1.82) is 0 Å². The first kappa shape index (κ1) is 9.17. The number of aromatic hydroxyl groups is 2. The van der Waals surface area contributed by atoms with Gasteiger partial charge in [-0.2, -0.15) is 13.5 Å². The van der Waals surface area contributed by atoms with Crippen LogP contribution in [0.25, 0.3) is 0 Å². The Bertz CT molecular complexity index is 203. The molecule has 0 unspecified atom stereocenters. The zero-order valence-electron chi connectivity index (χ0n) is 5.63. The summed E-state index contributed by atoms with van der Waals surface area (Å²) in [6.45, 7) is 1.73. The summed E-state index contributed by atoms with van der Waals surface area (Å²) < 4.78 is 0. The minimum atomic E-state index is -0.0602. The molecule has 0 spiro atoms. The van der Waals surface area contributed by atoms with Crippen molar-refractivity contribution in [3.8, 4) is 11.5 Å². The molecule has 0 bridgehead atoms. The largest absolute Gasteiger partial charge is 0.504 e. The standard InChI is InChI=1S/C7H8O2.H2S/c1-5-3-2-4-6(8)7(5)9;/h2-4,8-9H,1H3;1H2. The van der Waals surface area contributed by atoms with E-state index in [4.69, 9.17) is 10.2 Å². The van der Waals surface area contributed by atoms with E-state index in [-0.39, 0.29) is 25.0 Å². The van der Waals surface area contributed by atoms with Crippen molar-refractivity contribution in [3.05, 3.63) is 23.8 Å². The van der Waals surface area contributed by atoms with Gasteiger partial charge in [0.25, 0.3) is 0 Å². The summed E-state index contributed by atoms with van der Waals surface area (Å²) in [6, 6.07) is 4.86. The van der Waals surface area contributed by atoms with E-state index in [1.807, 2.05) is 0 Å². The van der Waals surface area contributed by atoms with E-state index >= 15 is 0 Å². The van der Waals surface area contributed by atoms with Gasteiger partial charge < -0.3 is 10.2 Å². The number of para-hydroxylation sites is 1. The van der Waals surface area contributed by atoms with Crippen LogP contribution in [0.4, 0.5) is 0 Å². The average molecular weight is 158 g/mol. The summed E-state index contributed by atoms with van der Waals surface area (Å²) in [4.78, 5) is 0. The molecule has 0 aliphatic heterocycles. The van der Waals surface area contributed by atoms with Gasteiger partial charge in [0.1, 0.15) is 0 Å². The van der Waals surface area contributed by atoms with Gasteiger partial charge in [-0.1, -0.05) is 12.1 Å². The fraction of sp³-hybridized carbons (Fsp3) is 0.143. The highest BCUT2D eigenvalue weighted by atomic mass is 32.1. The van der Waals surface area contributed by atoms with Crippen molar-refractivity contribution in [1.82, 2.24) is 0 Å². The van der Waals surface area contributed by atoms with E-state index in [1.54, 1.807) is 19.1 Å². The van der Waals surface area contributed by atoms with Crippen LogP contribution in [0.2, 0.25) is 0 Å². The molecule has 1 aromatic rings. The van der Waals surface area contributed by atoms with Crippen LogP contribution in [0.5, 0.6) is 11.5 Å². The number of phenolic OH excluding ortho intramolecular Hbond substituents is 2. The predicted octanol–water partition coefficient (Wildman–Crippen LogP) is 1.52. The summed E-state index contributed by atoms with van der Waals surface area (Å²) in [6.07, 6.45) is 0. The Morgan fingerprint density at radius 1 is 1.20 bits per heavy atom. The lowest BCUT2D eigenvalue weighted by molar-refractivity contribution is 0.401. The van der Waals surface area contributed by atoms with Gasteiger partial charge in [-0.3, -0.25) is 0 Å². The topological polar surface area (TPSA) is 40.5 Å². The van der Waals surface area contributed by atoms with Gasteiger partial charge >= 0.3 is 0 Å². The Balaban J connectivity index is 0.000000810. The monoisotopic (exact) mass is 158 g/mol. The van der Waals surface area contributed by atoms with Crippen molar-refractivity contribution in [2.75, 3.05) is 0 Å². The first-order chi connectivity index (χ1) is 4.22. The zero-order valence-corrected chi connectivity index (χ0v) is 6.63. The molecule has 0 fully saturated rings. The predicted molar refractivity (Wildman–Crippen MR) is 44.9 cm³/mol. The molecule has 0 saturated heterocycles. The van der Waals surface area contributed by atoms with Crippen LogP contribution in [0, 0.1) is 6.92 Å². The second kappa shape index (κ2) is 3.37. The van der Waals surface area contributed by atoms with Gasteiger partial charge in [-0.25, -0.2) is 0 Å². The van der Waals surface area contributed by atoms with E-state index in [0.717, 1.165) is 0 Å². The lowest BCUT2D eigenvalue weighted by atomic mass is 10.2. The van der Waals surface area contributed by atoms with E-state index < -0.39 is 0 Å². The first-order valence-electron chi connectivity index (χ1n) is 2.69. The molecular formula is C7H10O2S. The van der Waals surface area contributed by atoms with Gasteiger partial charge in [-0.15, -0.1) is 0 Å². The third kappa shape index (κ3) is 1.57. The smallest absolute Gasteiger partial charge is 0.160 e. The Labute approximate surface area is 66.6 Å². The molecular weight excluding hydrogens is 148 g/mol. The molecule has 0 radical (unpaired) electrons. The van der Waals surface area contributed by atoms with Crippen molar-refractivity contribution in [2.45, 2.75) is 6.92 Å². The molecule has 1 rings (SSSR count). The van der Waals surface area contributed by atoms with Crippen molar-refractivity contribution in [2.24, 2.45) is 0 Å².